The highest BCUT2D eigenvalue weighted by molar-refractivity contribution is 9.09. The lowest BCUT2D eigenvalue weighted by Crippen LogP contribution is -2.12. The van der Waals surface area contributed by atoms with E-state index in [1.165, 1.54) is 0 Å². The lowest BCUT2D eigenvalue weighted by molar-refractivity contribution is 0.263. The summed E-state index contributed by atoms with van der Waals surface area (Å²) in [5.74, 6) is 1.48. The lowest BCUT2D eigenvalue weighted by Gasteiger charge is -2.14. The standard InChI is InChI=1S/C14H16BrNO/c1-2-11(9-15)10-17-14-7-3-6-13-12(14)5-4-8-16-13/h3-8,11H,2,9-10H2,1H3. The summed E-state index contributed by atoms with van der Waals surface area (Å²) in [6, 6.07) is 9.98. The number of benzene rings is 1. The Morgan fingerprint density at radius 3 is 2.94 bits per heavy atom. The molecule has 0 fully saturated rings. The van der Waals surface area contributed by atoms with Crippen molar-refractivity contribution in [1.29, 1.82) is 0 Å². The van der Waals surface area contributed by atoms with Gasteiger partial charge in [-0.1, -0.05) is 28.9 Å². The average molecular weight is 294 g/mol. The molecule has 3 heteroatoms. The second-order valence-corrected chi connectivity index (χ2v) is 4.71. The number of nitrogens with zero attached hydrogens (tertiary/aromatic N) is 1. The molecule has 1 aromatic carbocycles. The second-order valence-electron chi connectivity index (χ2n) is 4.07. The number of halogens is 1. The molecule has 0 spiro atoms. The molecule has 2 aromatic rings. The van der Waals surface area contributed by atoms with Gasteiger partial charge in [-0.3, -0.25) is 4.98 Å². The zero-order valence-corrected chi connectivity index (χ0v) is 11.5. The zero-order valence-electron chi connectivity index (χ0n) is 9.90. The Bertz CT molecular complexity index is 477. The van der Waals surface area contributed by atoms with Crippen LogP contribution < -0.4 is 4.74 Å². The molecule has 0 aliphatic carbocycles. The van der Waals surface area contributed by atoms with Crippen LogP contribution in [-0.4, -0.2) is 16.9 Å². The predicted octanol–water partition coefficient (Wildman–Crippen LogP) is 4.03. The number of hydrogen-bond donors (Lipinski definition) is 0. The SMILES string of the molecule is CCC(CBr)COc1cccc2ncccc12. The van der Waals surface area contributed by atoms with Gasteiger partial charge in [0.25, 0.3) is 0 Å². The third kappa shape index (κ3) is 2.97. The molecule has 0 saturated heterocycles. The molecule has 90 valence electrons. The minimum absolute atomic E-state index is 0.557. The van der Waals surface area contributed by atoms with Crippen LogP contribution in [0.3, 0.4) is 0 Å². The van der Waals surface area contributed by atoms with Gasteiger partial charge in [0.15, 0.2) is 0 Å². The minimum Gasteiger partial charge on any atom is -0.493 e. The fourth-order valence-electron chi connectivity index (χ4n) is 1.68. The van der Waals surface area contributed by atoms with Crippen LogP contribution in [-0.2, 0) is 0 Å². The number of ether oxygens (including phenoxy) is 1. The first-order valence-corrected chi connectivity index (χ1v) is 6.99. The first-order valence-electron chi connectivity index (χ1n) is 5.87. The lowest BCUT2D eigenvalue weighted by atomic mass is 10.1. The molecule has 1 unspecified atom stereocenters. The van der Waals surface area contributed by atoms with Crippen LogP contribution in [0, 0.1) is 5.92 Å². The maximum atomic E-state index is 5.89. The van der Waals surface area contributed by atoms with E-state index in [0.29, 0.717) is 5.92 Å². The molecule has 2 nitrogen and oxygen atoms in total. The summed E-state index contributed by atoms with van der Waals surface area (Å²) in [5, 5.41) is 2.06. The predicted molar refractivity (Wildman–Crippen MR) is 74.8 cm³/mol. The molecule has 0 bridgehead atoms. The van der Waals surface area contributed by atoms with Crippen molar-refractivity contribution in [3.8, 4) is 5.75 Å². The van der Waals surface area contributed by atoms with Gasteiger partial charge in [-0.05, 0) is 30.7 Å². The van der Waals surface area contributed by atoms with Gasteiger partial charge in [0, 0.05) is 22.8 Å². The van der Waals surface area contributed by atoms with Gasteiger partial charge in [0.2, 0.25) is 0 Å². The quantitative estimate of drug-likeness (QED) is 0.777. The minimum atomic E-state index is 0.557. The second kappa shape index (κ2) is 6.01. The van der Waals surface area contributed by atoms with Crippen molar-refractivity contribution < 1.29 is 4.74 Å². The maximum Gasteiger partial charge on any atom is 0.128 e. The summed E-state index contributed by atoms with van der Waals surface area (Å²) in [6.07, 6.45) is 2.92. The van der Waals surface area contributed by atoms with Crippen LogP contribution in [0.4, 0.5) is 0 Å². The molecular formula is C14H16BrNO. The largest absolute Gasteiger partial charge is 0.493 e. The van der Waals surface area contributed by atoms with Gasteiger partial charge < -0.3 is 4.74 Å². The normalized spacial score (nSPS) is 12.6. The van der Waals surface area contributed by atoms with Crippen molar-refractivity contribution in [3.05, 3.63) is 36.5 Å². The average Bonchev–Trinajstić information content (AvgIpc) is 2.40. The Labute approximate surface area is 110 Å². The van der Waals surface area contributed by atoms with Gasteiger partial charge in [-0.25, -0.2) is 0 Å². The molecule has 0 saturated carbocycles. The Morgan fingerprint density at radius 1 is 1.29 bits per heavy atom. The van der Waals surface area contributed by atoms with Gasteiger partial charge in [0.05, 0.1) is 12.1 Å². The summed E-state index contributed by atoms with van der Waals surface area (Å²) in [4.78, 5) is 4.32. The van der Waals surface area contributed by atoms with Gasteiger partial charge in [-0.2, -0.15) is 0 Å². The first kappa shape index (κ1) is 12.4. The molecule has 0 amide bonds. The van der Waals surface area contributed by atoms with Crippen LogP contribution in [0.5, 0.6) is 5.75 Å². The molecule has 17 heavy (non-hydrogen) atoms. The van der Waals surface area contributed by atoms with Crippen molar-refractivity contribution >= 4 is 26.8 Å². The summed E-state index contributed by atoms with van der Waals surface area (Å²) in [6.45, 7) is 2.93. The Balaban J connectivity index is 2.18. The topological polar surface area (TPSA) is 22.1 Å². The van der Waals surface area contributed by atoms with Gasteiger partial charge >= 0.3 is 0 Å². The molecule has 0 aliphatic rings. The van der Waals surface area contributed by atoms with E-state index >= 15 is 0 Å². The smallest absolute Gasteiger partial charge is 0.128 e. The van der Waals surface area contributed by atoms with E-state index in [1.807, 2.05) is 30.3 Å². The van der Waals surface area contributed by atoms with Crippen molar-refractivity contribution in [3.63, 3.8) is 0 Å². The van der Waals surface area contributed by atoms with Crippen LogP contribution in [0.2, 0.25) is 0 Å². The van der Waals surface area contributed by atoms with E-state index in [0.717, 1.165) is 35.0 Å². The Hall–Kier alpha value is -1.09. The van der Waals surface area contributed by atoms with E-state index in [1.54, 1.807) is 6.20 Å². The molecule has 1 aromatic heterocycles. The van der Waals surface area contributed by atoms with Crippen molar-refractivity contribution in [2.45, 2.75) is 13.3 Å². The zero-order chi connectivity index (χ0) is 12.1. The van der Waals surface area contributed by atoms with Gasteiger partial charge in [0.1, 0.15) is 5.75 Å². The number of fused-ring (bicyclic) bond motifs is 1. The highest BCUT2D eigenvalue weighted by Crippen LogP contribution is 2.24. The van der Waals surface area contributed by atoms with Crippen molar-refractivity contribution in [2.75, 3.05) is 11.9 Å². The van der Waals surface area contributed by atoms with Crippen LogP contribution >= 0.6 is 15.9 Å². The highest BCUT2D eigenvalue weighted by atomic mass is 79.9. The van der Waals surface area contributed by atoms with Crippen LogP contribution in [0.15, 0.2) is 36.5 Å². The summed E-state index contributed by atoms with van der Waals surface area (Å²) in [5.41, 5.74) is 0.983. The fraction of sp³-hybridized carbons (Fsp3) is 0.357. The first-order chi connectivity index (χ1) is 8.35. The number of pyridine rings is 1. The number of aromatic nitrogens is 1. The molecule has 1 atom stereocenters. The Morgan fingerprint density at radius 2 is 2.18 bits per heavy atom. The van der Waals surface area contributed by atoms with Crippen molar-refractivity contribution in [2.24, 2.45) is 5.92 Å². The fourth-order valence-corrected chi connectivity index (χ4v) is 2.32. The van der Waals surface area contributed by atoms with E-state index in [9.17, 15) is 0 Å². The molecule has 1 heterocycles. The molecule has 0 radical (unpaired) electrons. The summed E-state index contributed by atoms with van der Waals surface area (Å²) in [7, 11) is 0. The van der Waals surface area contributed by atoms with Crippen molar-refractivity contribution in [1.82, 2.24) is 4.98 Å². The Kier molecular flexibility index (Phi) is 4.37. The highest BCUT2D eigenvalue weighted by Gasteiger charge is 2.07. The number of hydrogen-bond acceptors (Lipinski definition) is 2. The number of alkyl halides is 1. The van der Waals surface area contributed by atoms with E-state index in [-0.39, 0.29) is 0 Å². The van der Waals surface area contributed by atoms with Crippen LogP contribution in [0.25, 0.3) is 10.9 Å². The van der Waals surface area contributed by atoms with E-state index in [4.69, 9.17) is 4.74 Å². The monoisotopic (exact) mass is 293 g/mol. The number of rotatable bonds is 5. The maximum absolute atomic E-state index is 5.89. The molecular weight excluding hydrogens is 278 g/mol. The third-order valence-electron chi connectivity index (χ3n) is 2.88. The van der Waals surface area contributed by atoms with Crippen LogP contribution in [0.1, 0.15) is 13.3 Å². The van der Waals surface area contributed by atoms with E-state index in [2.05, 4.69) is 27.8 Å². The molecule has 0 N–H and O–H groups in total. The molecule has 0 aliphatic heterocycles. The third-order valence-corrected chi connectivity index (χ3v) is 3.79. The van der Waals surface area contributed by atoms with E-state index < -0.39 is 0 Å². The summed E-state index contributed by atoms with van der Waals surface area (Å²) >= 11 is 3.51. The molecule has 2 rings (SSSR count). The van der Waals surface area contributed by atoms with Gasteiger partial charge in [-0.15, -0.1) is 0 Å². The summed E-state index contributed by atoms with van der Waals surface area (Å²) < 4.78 is 5.89.